The molecule has 0 spiro atoms. The second-order valence-corrected chi connectivity index (χ2v) is 4.28. The van der Waals surface area contributed by atoms with E-state index >= 15 is 0 Å². The van der Waals surface area contributed by atoms with Crippen LogP contribution in [0.4, 0.5) is 4.79 Å². The van der Waals surface area contributed by atoms with Crippen molar-refractivity contribution in [1.29, 1.82) is 0 Å². The molecule has 0 radical (unpaired) electrons. The van der Waals surface area contributed by atoms with Crippen molar-refractivity contribution in [2.24, 2.45) is 16.8 Å². The molecule has 0 aromatic rings. The van der Waals surface area contributed by atoms with Crippen LogP contribution < -0.4 is 11.2 Å². The highest BCUT2D eigenvalue weighted by Crippen LogP contribution is 2.35. The average Bonchev–Trinajstić information content (AvgIpc) is 2.26. The maximum absolute atomic E-state index is 10.5. The number of amides is 2. The maximum Gasteiger partial charge on any atom is 0.332 e. The van der Waals surface area contributed by atoms with Crippen molar-refractivity contribution in [2.75, 3.05) is 0 Å². The fourth-order valence-corrected chi connectivity index (χ4v) is 2.45. The van der Waals surface area contributed by atoms with Crippen molar-refractivity contribution in [3.63, 3.8) is 0 Å². The van der Waals surface area contributed by atoms with Crippen molar-refractivity contribution < 1.29 is 4.79 Å². The van der Waals surface area contributed by atoms with E-state index in [2.05, 4.69) is 16.6 Å². The fourth-order valence-electron chi connectivity index (χ4n) is 2.45. The van der Waals surface area contributed by atoms with E-state index < -0.39 is 6.03 Å². The molecule has 2 rings (SSSR count). The molecule has 2 amide bonds. The minimum absolute atomic E-state index is 0.591. The molecule has 2 aliphatic carbocycles. The van der Waals surface area contributed by atoms with Crippen LogP contribution in [0.15, 0.2) is 16.8 Å². The molecule has 4 nitrogen and oxygen atoms in total. The van der Waals surface area contributed by atoms with Crippen molar-refractivity contribution in [3.8, 4) is 0 Å². The lowest BCUT2D eigenvalue weighted by atomic mass is 9.77. The maximum atomic E-state index is 10.5. The lowest BCUT2D eigenvalue weighted by Crippen LogP contribution is -2.26. The summed E-state index contributed by atoms with van der Waals surface area (Å²) in [7, 11) is 0. The van der Waals surface area contributed by atoms with E-state index in [4.69, 9.17) is 5.73 Å². The van der Waals surface area contributed by atoms with Crippen LogP contribution in [0.5, 0.6) is 0 Å². The topological polar surface area (TPSA) is 67.5 Å². The molecule has 1 atom stereocenters. The van der Waals surface area contributed by atoms with Crippen LogP contribution >= 0.6 is 0 Å². The Kier molecular flexibility index (Phi) is 3.04. The van der Waals surface area contributed by atoms with Gasteiger partial charge in [0, 0.05) is 0 Å². The SMILES string of the molecule is NC(=O)NN=C1C=C2CCCCC2CC1. The van der Waals surface area contributed by atoms with Crippen LogP contribution in [0.2, 0.25) is 0 Å². The second-order valence-electron chi connectivity index (χ2n) is 4.28. The number of primary amides is 1. The number of nitrogens with two attached hydrogens (primary N) is 1. The first-order chi connectivity index (χ1) is 7.25. The predicted molar refractivity (Wildman–Crippen MR) is 59.4 cm³/mol. The Balaban J connectivity index is 2.05. The number of nitrogens with one attached hydrogen (secondary N) is 1. The monoisotopic (exact) mass is 207 g/mol. The van der Waals surface area contributed by atoms with Gasteiger partial charge in [-0.3, -0.25) is 0 Å². The van der Waals surface area contributed by atoms with E-state index in [1.165, 1.54) is 37.7 Å². The summed E-state index contributed by atoms with van der Waals surface area (Å²) in [4.78, 5) is 10.5. The van der Waals surface area contributed by atoms with Gasteiger partial charge in [-0.05, 0) is 44.1 Å². The van der Waals surface area contributed by atoms with E-state index in [-0.39, 0.29) is 0 Å². The minimum atomic E-state index is -0.591. The number of carbonyl (C=O) groups excluding carboxylic acids is 1. The summed E-state index contributed by atoms with van der Waals surface area (Å²) in [6.45, 7) is 0. The molecule has 15 heavy (non-hydrogen) atoms. The Morgan fingerprint density at radius 2 is 2.27 bits per heavy atom. The molecular weight excluding hydrogens is 190 g/mol. The van der Waals surface area contributed by atoms with Crippen molar-refractivity contribution in [1.82, 2.24) is 5.43 Å². The molecule has 0 aromatic carbocycles. The number of nitrogens with zero attached hydrogens (tertiary/aromatic N) is 1. The highest BCUT2D eigenvalue weighted by Gasteiger charge is 2.23. The molecule has 3 N–H and O–H groups in total. The fraction of sp³-hybridized carbons (Fsp3) is 0.636. The predicted octanol–water partition coefficient (Wildman–Crippen LogP) is 1.92. The molecule has 4 heteroatoms. The third-order valence-corrected chi connectivity index (χ3v) is 3.20. The second kappa shape index (κ2) is 4.47. The van der Waals surface area contributed by atoms with Gasteiger partial charge in [0.05, 0.1) is 5.71 Å². The number of carbonyl (C=O) groups is 1. The summed E-state index contributed by atoms with van der Waals surface area (Å²) in [5.41, 5.74) is 9.73. The smallest absolute Gasteiger partial charge is 0.332 e. The Bertz CT molecular complexity index is 320. The Labute approximate surface area is 89.6 Å². The largest absolute Gasteiger partial charge is 0.350 e. The van der Waals surface area contributed by atoms with Gasteiger partial charge in [0.25, 0.3) is 0 Å². The lowest BCUT2D eigenvalue weighted by molar-refractivity contribution is 0.249. The number of urea groups is 1. The van der Waals surface area contributed by atoms with E-state index in [1.807, 2.05) is 0 Å². The van der Waals surface area contributed by atoms with Gasteiger partial charge < -0.3 is 5.73 Å². The Hall–Kier alpha value is -1.32. The number of allylic oxidation sites excluding steroid dienone is 2. The molecule has 1 fully saturated rings. The van der Waals surface area contributed by atoms with Crippen LogP contribution in [0.1, 0.15) is 38.5 Å². The first-order valence-electron chi connectivity index (χ1n) is 5.58. The highest BCUT2D eigenvalue weighted by molar-refractivity contribution is 5.97. The molecule has 0 saturated heterocycles. The zero-order valence-corrected chi connectivity index (χ0v) is 8.83. The van der Waals surface area contributed by atoms with Crippen LogP contribution in [0.3, 0.4) is 0 Å². The molecular formula is C11H17N3O. The van der Waals surface area contributed by atoms with Crippen molar-refractivity contribution >= 4 is 11.7 Å². The molecule has 0 heterocycles. The van der Waals surface area contributed by atoms with Gasteiger partial charge in [0.1, 0.15) is 0 Å². The summed E-state index contributed by atoms with van der Waals surface area (Å²) in [5.74, 6) is 0.770. The van der Waals surface area contributed by atoms with E-state index in [0.29, 0.717) is 0 Å². The molecule has 1 unspecified atom stereocenters. The van der Waals surface area contributed by atoms with Crippen molar-refractivity contribution in [3.05, 3.63) is 11.6 Å². The summed E-state index contributed by atoms with van der Waals surface area (Å²) >= 11 is 0. The van der Waals surface area contributed by atoms with E-state index in [0.717, 1.165) is 18.1 Å². The van der Waals surface area contributed by atoms with Crippen LogP contribution in [-0.4, -0.2) is 11.7 Å². The first-order valence-corrected chi connectivity index (χ1v) is 5.58. The van der Waals surface area contributed by atoms with Gasteiger partial charge in [0.2, 0.25) is 0 Å². The quantitative estimate of drug-likeness (QED) is 0.634. The lowest BCUT2D eigenvalue weighted by Gasteiger charge is -2.29. The number of hydrazone groups is 1. The molecule has 82 valence electrons. The van der Waals surface area contributed by atoms with E-state index in [1.54, 1.807) is 0 Å². The Morgan fingerprint density at radius 3 is 3.07 bits per heavy atom. The van der Waals surface area contributed by atoms with Gasteiger partial charge in [0.15, 0.2) is 0 Å². The minimum Gasteiger partial charge on any atom is -0.350 e. The Morgan fingerprint density at radius 1 is 1.40 bits per heavy atom. The third kappa shape index (κ3) is 2.58. The van der Waals surface area contributed by atoms with Gasteiger partial charge in [-0.25, -0.2) is 10.2 Å². The standard InChI is InChI=1S/C11H17N3O/c12-11(15)14-13-10-6-5-8-3-1-2-4-9(8)7-10/h7-8H,1-6H2,(H3,12,14,15). The zero-order valence-electron chi connectivity index (χ0n) is 8.83. The first kappa shape index (κ1) is 10.2. The van der Waals surface area contributed by atoms with Gasteiger partial charge in [-0.2, -0.15) is 5.10 Å². The zero-order chi connectivity index (χ0) is 10.7. The van der Waals surface area contributed by atoms with Crippen LogP contribution in [-0.2, 0) is 0 Å². The highest BCUT2D eigenvalue weighted by atomic mass is 16.2. The molecule has 0 aliphatic heterocycles. The summed E-state index contributed by atoms with van der Waals surface area (Å²) in [6, 6.07) is -0.591. The van der Waals surface area contributed by atoms with Crippen molar-refractivity contribution in [2.45, 2.75) is 38.5 Å². The van der Waals surface area contributed by atoms with Gasteiger partial charge >= 0.3 is 6.03 Å². The number of hydrogen-bond donors (Lipinski definition) is 2. The summed E-state index contributed by atoms with van der Waals surface area (Å²) in [5, 5.41) is 3.99. The summed E-state index contributed by atoms with van der Waals surface area (Å²) < 4.78 is 0. The van der Waals surface area contributed by atoms with Gasteiger partial charge in [-0.1, -0.05) is 12.0 Å². The number of fused-ring (bicyclic) bond motifs is 1. The van der Waals surface area contributed by atoms with Crippen LogP contribution in [0, 0.1) is 5.92 Å². The number of rotatable bonds is 1. The van der Waals surface area contributed by atoms with Crippen LogP contribution in [0.25, 0.3) is 0 Å². The summed E-state index contributed by atoms with van der Waals surface area (Å²) in [6.07, 6.45) is 9.43. The van der Waals surface area contributed by atoms with Gasteiger partial charge in [-0.15, -0.1) is 0 Å². The number of hydrogen-bond acceptors (Lipinski definition) is 2. The molecule has 0 aromatic heterocycles. The molecule has 1 saturated carbocycles. The normalized spacial score (nSPS) is 28.1. The molecule has 0 bridgehead atoms. The van der Waals surface area contributed by atoms with E-state index in [9.17, 15) is 4.79 Å². The average molecular weight is 207 g/mol. The third-order valence-electron chi connectivity index (χ3n) is 3.20. The molecule has 2 aliphatic rings.